The molecule has 0 saturated carbocycles. The summed E-state index contributed by atoms with van der Waals surface area (Å²) in [5, 5.41) is 1.18. The average Bonchev–Trinajstić information content (AvgIpc) is 2.35. The first-order valence-electron chi connectivity index (χ1n) is 5.74. The molecule has 6 heteroatoms. The first-order chi connectivity index (χ1) is 8.63. The fourth-order valence-electron chi connectivity index (χ4n) is 1.91. The number of hydrogen-bond donors (Lipinski definition) is 1. The van der Waals surface area contributed by atoms with Crippen LogP contribution in [0.3, 0.4) is 0 Å². The second kappa shape index (κ2) is 7.10. The summed E-state index contributed by atoms with van der Waals surface area (Å²) in [6.45, 7) is 0. The average molecular weight is 345 g/mol. The molecule has 1 aliphatic carbocycles. The second-order valence-corrected chi connectivity index (χ2v) is 5.57. The van der Waals surface area contributed by atoms with Crippen molar-refractivity contribution in [1.29, 1.82) is 0 Å². The van der Waals surface area contributed by atoms with Crippen LogP contribution in [0.15, 0.2) is 36.4 Å². The SMILES string of the molecule is C[N+](C)=c1ccc2nc3ccc(N)cc3sc-2c1.[Na+].[Zn+2]. The van der Waals surface area contributed by atoms with Crippen molar-refractivity contribution >= 4 is 27.2 Å². The number of hydrogen-bond acceptors (Lipinski definition) is 3. The zero-order valence-corrected chi connectivity index (χ0v) is 17.8. The maximum atomic E-state index is 5.82. The number of benzene rings is 2. The predicted molar refractivity (Wildman–Crippen MR) is 77.8 cm³/mol. The van der Waals surface area contributed by atoms with Crippen molar-refractivity contribution in [2.75, 3.05) is 19.8 Å². The maximum absolute atomic E-state index is 5.82. The van der Waals surface area contributed by atoms with E-state index in [1.165, 1.54) is 10.2 Å². The molecule has 1 aliphatic heterocycles. The third-order valence-electron chi connectivity index (χ3n) is 2.90. The Balaban J connectivity index is 0.000001000. The Kier molecular flexibility index (Phi) is 6.30. The van der Waals surface area contributed by atoms with Crippen LogP contribution in [0.5, 0.6) is 0 Å². The topological polar surface area (TPSA) is 41.9 Å². The van der Waals surface area contributed by atoms with Crippen LogP contribution in [0.2, 0.25) is 0 Å². The molecule has 2 aliphatic rings. The van der Waals surface area contributed by atoms with Gasteiger partial charge in [0.15, 0.2) is 0 Å². The summed E-state index contributed by atoms with van der Waals surface area (Å²) in [7, 11) is 4.08. The molecule has 0 radical (unpaired) electrons. The predicted octanol–water partition coefficient (Wildman–Crippen LogP) is -0.983. The van der Waals surface area contributed by atoms with Crippen LogP contribution in [0.1, 0.15) is 0 Å². The van der Waals surface area contributed by atoms with Gasteiger partial charge in [-0.3, -0.25) is 0 Å². The minimum atomic E-state index is 0. The molecule has 1 heterocycles. The molecular formula is C14H14N3NaSZn+4. The molecule has 0 aromatic heterocycles. The van der Waals surface area contributed by atoms with Gasteiger partial charge < -0.3 is 5.73 Å². The summed E-state index contributed by atoms with van der Waals surface area (Å²) >= 11 is 1.73. The maximum Gasteiger partial charge on any atom is 2.00 e. The summed E-state index contributed by atoms with van der Waals surface area (Å²) in [5.41, 5.74) is 8.63. The van der Waals surface area contributed by atoms with E-state index in [0.717, 1.165) is 21.6 Å². The molecule has 20 heavy (non-hydrogen) atoms. The van der Waals surface area contributed by atoms with Crippen molar-refractivity contribution in [1.82, 2.24) is 9.56 Å². The first-order valence-corrected chi connectivity index (χ1v) is 6.55. The summed E-state index contributed by atoms with van der Waals surface area (Å²) in [5.74, 6) is 0. The van der Waals surface area contributed by atoms with E-state index in [2.05, 4.69) is 27.8 Å². The van der Waals surface area contributed by atoms with Gasteiger partial charge in [0, 0.05) is 17.8 Å². The number of aromatic nitrogens is 1. The molecule has 0 unspecified atom stereocenters. The monoisotopic (exact) mass is 343 g/mol. The molecule has 0 atom stereocenters. The Labute approximate surface area is 156 Å². The van der Waals surface area contributed by atoms with Gasteiger partial charge in [0.25, 0.3) is 0 Å². The van der Waals surface area contributed by atoms with E-state index in [1.807, 2.05) is 32.3 Å². The standard InChI is InChI=1S/C14H13N3S.Na.Zn/c1-17(2)10-4-6-12-14(8-10)18-13-7-9(15)3-5-11(13)16-12;;/h3-8,15H,1-2H3;;/q;+1;+2/p+1. The molecule has 3 rings (SSSR count). The number of rotatable bonds is 0. The summed E-state index contributed by atoms with van der Waals surface area (Å²) in [4.78, 5) is 5.84. The fourth-order valence-corrected chi connectivity index (χ4v) is 2.96. The quantitative estimate of drug-likeness (QED) is 0.246. The summed E-state index contributed by atoms with van der Waals surface area (Å²) < 4.78 is 3.22. The first kappa shape index (κ1) is 17.7. The van der Waals surface area contributed by atoms with E-state index in [1.54, 1.807) is 11.3 Å². The smallest absolute Gasteiger partial charge is 0.399 e. The third kappa shape index (κ3) is 3.47. The fraction of sp³-hybridized carbons (Fsp3) is 0.143. The van der Waals surface area contributed by atoms with Crippen molar-refractivity contribution in [2.24, 2.45) is 0 Å². The van der Waals surface area contributed by atoms with Gasteiger partial charge in [-0.25, -0.2) is 9.56 Å². The van der Waals surface area contributed by atoms with Crippen molar-refractivity contribution in [3.05, 3.63) is 41.8 Å². The molecule has 90 valence electrons. The molecule has 0 saturated heterocycles. The number of nitrogens with two attached hydrogens (primary N) is 1. The molecule has 0 fully saturated rings. The minimum Gasteiger partial charge on any atom is -0.399 e. The van der Waals surface area contributed by atoms with Crippen molar-refractivity contribution in [2.45, 2.75) is 0 Å². The van der Waals surface area contributed by atoms with Crippen molar-refractivity contribution in [3.8, 4) is 10.6 Å². The third-order valence-corrected chi connectivity index (χ3v) is 4.00. The Morgan fingerprint density at radius 1 is 1.10 bits per heavy atom. The normalized spacial score (nSPS) is 9.90. The van der Waals surface area contributed by atoms with Crippen LogP contribution < -0.4 is 45.2 Å². The van der Waals surface area contributed by atoms with Gasteiger partial charge in [-0.15, -0.1) is 11.3 Å². The summed E-state index contributed by atoms with van der Waals surface area (Å²) in [6.07, 6.45) is 0. The van der Waals surface area contributed by atoms with E-state index in [0.29, 0.717) is 0 Å². The van der Waals surface area contributed by atoms with Gasteiger partial charge in [-0.2, -0.15) is 0 Å². The molecule has 2 N–H and O–H groups in total. The number of anilines is 1. The number of fused-ring (bicyclic) bond motifs is 2. The Bertz CT molecular complexity index is 781. The van der Waals surface area contributed by atoms with Crippen molar-refractivity contribution < 1.29 is 49.0 Å². The minimum absolute atomic E-state index is 0. The summed E-state index contributed by atoms with van der Waals surface area (Å²) in [6, 6.07) is 12.2. The van der Waals surface area contributed by atoms with Gasteiger partial charge in [-0.05, 0) is 24.3 Å². The molecular weight excluding hydrogens is 331 g/mol. The molecule has 0 spiro atoms. The van der Waals surface area contributed by atoms with Gasteiger partial charge in [0.2, 0.25) is 5.36 Å². The van der Waals surface area contributed by atoms with Crippen LogP contribution in [0.4, 0.5) is 5.69 Å². The van der Waals surface area contributed by atoms with Gasteiger partial charge >= 0.3 is 49.0 Å². The van der Waals surface area contributed by atoms with Crippen LogP contribution >= 0.6 is 11.3 Å². The number of nitrogens with zero attached hydrogens (tertiary/aromatic N) is 2. The van der Waals surface area contributed by atoms with Crippen LogP contribution in [0, 0.1) is 0 Å². The molecule has 1 aromatic rings. The van der Waals surface area contributed by atoms with Gasteiger partial charge in [0.1, 0.15) is 14.1 Å². The Morgan fingerprint density at radius 2 is 1.85 bits per heavy atom. The molecule has 0 amide bonds. The van der Waals surface area contributed by atoms with Crippen LogP contribution in [-0.2, 0) is 19.5 Å². The Hall–Kier alpha value is -0.317. The van der Waals surface area contributed by atoms with E-state index in [-0.39, 0.29) is 49.0 Å². The van der Waals surface area contributed by atoms with Crippen LogP contribution in [0.25, 0.3) is 20.8 Å². The largest absolute Gasteiger partial charge is 2.00 e. The van der Waals surface area contributed by atoms with Gasteiger partial charge in [0.05, 0.1) is 20.8 Å². The molecule has 3 nitrogen and oxygen atoms in total. The van der Waals surface area contributed by atoms with Crippen LogP contribution in [-0.4, -0.2) is 19.1 Å². The van der Waals surface area contributed by atoms with E-state index in [9.17, 15) is 0 Å². The van der Waals surface area contributed by atoms with E-state index >= 15 is 0 Å². The van der Waals surface area contributed by atoms with E-state index in [4.69, 9.17) is 5.73 Å². The van der Waals surface area contributed by atoms with Crippen molar-refractivity contribution in [3.63, 3.8) is 0 Å². The van der Waals surface area contributed by atoms with Gasteiger partial charge in [-0.1, -0.05) is 0 Å². The number of nitrogen functional groups attached to an aromatic ring is 1. The second-order valence-electron chi connectivity index (χ2n) is 4.49. The van der Waals surface area contributed by atoms with E-state index < -0.39 is 0 Å². The zero-order valence-electron chi connectivity index (χ0n) is 12.1. The molecule has 1 aromatic carbocycles. The zero-order chi connectivity index (χ0) is 12.7. The molecule has 0 bridgehead atoms. The Morgan fingerprint density at radius 3 is 2.55 bits per heavy atom.